The third kappa shape index (κ3) is 5.74. The van der Waals surface area contributed by atoms with Crippen molar-refractivity contribution in [1.29, 1.82) is 0 Å². The summed E-state index contributed by atoms with van der Waals surface area (Å²) in [5, 5.41) is 12.7. The molecule has 1 aromatic rings. The molecule has 1 aromatic carbocycles. The van der Waals surface area contributed by atoms with Gasteiger partial charge in [-0.1, -0.05) is 42.5 Å². The summed E-state index contributed by atoms with van der Waals surface area (Å²) < 4.78 is 12.6. The van der Waals surface area contributed by atoms with E-state index in [2.05, 4.69) is 18.5 Å². The number of carbonyl (C=O) groups is 4. The molecule has 3 saturated heterocycles. The maximum absolute atomic E-state index is 14.0. The number of β-amino-alcohol motifs (C(OH)–C–C–N with tert-alkyl or cyclic N) is 1. The van der Waals surface area contributed by atoms with Gasteiger partial charge in [0.15, 0.2) is 0 Å². The number of benzene rings is 1. The summed E-state index contributed by atoms with van der Waals surface area (Å²) in [6, 6.07) is 7.45. The Morgan fingerprint density at radius 1 is 1.21 bits per heavy atom. The normalized spacial score (nSPS) is 27.4. The Balaban J connectivity index is 1.64. The fourth-order valence-electron chi connectivity index (χ4n) is 6.84. The zero-order chi connectivity index (χ0) is 30.6. The van der Waals surface area contributed by atoms with Gasteiger partial charge in [0.2, 0.25) is 17.7 Å². The van der Waals surface area contributed by atoms with Gasteiger partial charge in [-0.15, -0.1) is 13.2 Å². The molecule has 3 aliphatic rings. The maximum atomic E-state index is 14.0. The van der Waals surface area contributed by atoms with Crippen molar-refractivity contribution in [3.05, 3.63) is 61.2 Å². The molecule has 3 amide bonds. The van der Waals surface area contributed by atoms with Gasteiger partial charge in [0.1, 0.15) is 17.7 Å². The molecule has 0 unspecified atom stereocenters. The standard InChI is InChI=1S/C32H43N3O7/c1-6-8-14-24(37)33-21(5)27(22-12-10-9-11-13-22)41-31(40)25-23-15-16-32(42-23)26(25)29(38)35(18-19-36)28(32)30(39)34(17-7-2)20(3)4/h6-7,9-13,20-21,23,25-28,36H,1-2,8,14-19H2,3-5H3,(H,33,37)/t21-,23+,25-,26-,27-,28+,32-/m0/s1. The van der Waals surface area contributed by atoms with Crippen molar-refractivity contribution in [2.24, 2.45) is 11.8 Å². The largest absolute Gasteiger partial charge is 0.455 e. The number of aliphatic hydroxyl groups excluding tert-OH is 1. The number of fused-ring (bicyclic) bond motifs is 1. The molecule has 0 radical (unpaired) electrons. The summed E-state index contributed by atoms with van der Waals surface area (Å²) >= 11 is 0. The quantitative estimate of drug-likeness (QED) is 0.256. The zero-order valence-electron chi connectivity index (χ0n) is 24.7. The van der Waals surface area contributed by atoms with E-state index in [0.29, 0.717) is 31.4 Å². The highest BCUT2D eigenvalue weighted by atomic mass is 16.6. The smallest absolute Gasteiger partial charge is 0.313 e. The number of carbonyl (C=O) groups excluding carboxylic acids is 4. The van der Waals surface area contributed by atoms with E-state index in [4.69, 9.17) is 9.47 Å². The first kappa shape index (κ1) is 31.4. The van der Waals surface area contributed by atoms with E-state index in [1.807, 2.05) is 44.2 Å². The topological polar surface area (TPSA) is 125 Å². The van der Waals surface area contributed by atoms with Gasteiger partial charge < -0.3 is 29.7 Å². The predicted octanol–water partition coefficient (Wildman–Crippen LogP) is 2.53. The fourth-order valence-corrected chi connectivity index (χ4v) is 6.84. The third-order valence-electron chi connectivity index (χ3n) is 8.67. The highest BCUT2D eigenvalue weighted by Crippen LogP contribution is 2.59. The van der Waals surface area contributed by atoms with Gasteiger partial charge in [0, 0.05) is 25.6 Å². The van der Waals surface area contributed by atoms with Gasteiger partial charge in [-0.2, -0.15) is 0 Å². The highest BCUT2D eigenvalue weighted by molar-refractivity contribution is 5.98. The van der Waals surface area contributed by atoms with Crippen molar-refractivity contribution in [2.75, 3.05) is 19.7 Å². The molecule has 10 nitrogen and oxygen atoms in total. The Morgan fingerprint density at radius 2 is 1.93 bits per heavy atom. The van der Waals surface area contributed by atoms with Crippen molar-refractivity contribution < 1.29 is 33.8 Å². The number of hydrogen-bond acceptors (Lipinski definition) is 7. The van der Waals surface area contributed by atoms with Crippen LogP contribution in [0.3, 0.4) is 0 Å². The van der Waals surface area contributed by atoms with E-state index in [-0.39, 0.29) is 37.4 Å². The molecule has 42 heavy (non-hydrogen) atoms. The van der Waals surface area contributed by atoms with E-state index in [0.717, 1.165) is 0 Å². The summed E-state index contributed by atoms with van der Waals surface area (Å²) in [6.45, 7) is 12.9. The van der Waals surface area contributed by atoms with Crippen molar-refractivity contribution in [3.8, 4) is 0 Å². The summed E-state index contributed by atoms with van der Waals surface area (Å²) in [4.78, 5) is 57.5. The second-order valence-corrected chi connectivity index (χ2v) is 11.6. The van der Waals surface area contributed by atoms with Gasteiger partial charge in [-0.3, -0.25) is 19.2 Å². The minimum atomic E-state index is -1.20. The third-order valence-corrected chi connectivity index (χ3v) is 8.67. The van der Waals surface area contributed by atoms with E-state index < -0.39 is 53.6 Å². The van der Waals surface area contributed by atoms with Crippen LogP contribution < -0.4 is 5.32 Å². The average Bonchev–Trinajstić information content (AvgIpc) is 3.61. The van der Waals surface area contributed by atoms with Gasteiger partial charge in [-0.05, 0) is 45.6 Å². The molecule has 0 saturated carbocycles. The molecule has 1 spiro atoms. The van der Waals surface area contributed by atoms with Gasteiger partial charge in [0.25, 0.3) is 0 Å². The van der Waals surface area contributed by atoms with Crippen molar-refractivity contribution in [3.63, 3.8) is 0 Å². The van der Waals surface area contributed by atoms with Crippen LogP contribution in [0, 0.1) is 11.8 Å². The van der Waals surface area contributed by atoms with Gasteiger partial charge in [0.05, 0.1) is 30.6 Å². The Morgan fingerprint density at radius 3 is 2.55 bits per heavy atom. The number of likely N-dealkylation sites (tertiary alicyclic amines) is 1. The second-order valence-electron chi connectivity index (χ2n) is 11.6. The summed E-state index contributed by atoms with van der Waals surface area (Å²) in [7, 11) is 0. The molecule has 0 aromatic heterocycles. The number of rotatable bonds is 14. The first-order valence-electron chi connectivity index (χ1n) is 14.8. The van der Waals surface area contributed by atoms with Gasteiger partial charge >= 0.3 is 5.97 Å². The van der Waals surface area contributed by atoms with Crippen LogP contribution in [0.1, 0.15) is 58.1 Å². The molecule has 4 rings (SSSR count). The summed E-state index contributed by atoms with van der Waals surface area (Å²) in [5.74, 6) is -3.33. The van der Waals surface area contributed by atoms with Crippen molar-refractivity contribution in [1.82, 2.24) is 15.1 Å². The molecule has 7 atom stereocenters. The van der Waals surface area contributed by atoms with Crippen molar-refractivity contribution in [2.45, 2.75) is 82.4 Å². The number of hydrogen-bond donors (Lipinski definition) is 2. The van der Waals surface area contributed by atoms with Crippen LogP contribution >= 0.6 is 0 Å². The number of aliphatic hydroxyl groups is 1. The zero-order valence-corrected chi connectivity index (χ0v) is 24.7. The average molecular weight is 582 g/mol. The molecule has 3 aliphatic heterocycles. The fraction of sp³-hybridized carbons (Fsp3) is 0.562. The van der Waals surface area contributed by atoms with Crippen LogP contribution in [0.15, 0.2) is 55.6 Å². The minimum absolute atomic E-state index is 0.0519. The summed E-state index contributed by atoms with van der Waals surface area (Å²) in [6.07, 6.45) is 3.61. The van der Waals surface area contributed by atoms with Gasteiger partial charge in [-0.25, -0.2) is 0 Å². The lowest BCUT2D eigenvalue weighted by Crippen LogP contribution is -2.57. The monoisotopic (exact) mass is 581 g/mol. The number of ether oxygens (including phenoxy) is 2. The minimum Gasteiger partial charge on any atom is -0.455 e. The molecular formula is C32H43N3O7. The number of amides is 3. The lowest BCUT2D eigenvalue weighted by Gasteiger charge is -2.38. The second kappa shape index (κ2) is 13.2. The summed E-state index contributed by atoms with van der Waals surface area (Å²) in [5.41, 5.74) is -0.496. The number of nitrogens with zero attached hydrogens (tertiary/aromatic N) is 2. The lowest BCUT2D eigenvalue weighted by molar-refractivity contribution is -0.162. The van der Waals surface area contributed by atoms with Crippen LogP contribution in [0.25, 0.3) is 0 Å². The van der Waals surface area contributed by atoms with E-state index in [1.165, 1.54) is 4.90 Å². The van der Waals surface area contributed by atoms with Crippen LogP contribution in [0.5, 0.6) is 0 Å². The molecular weight excluding hydrogens is 538 g/mol. The Bertz CT molecular complexity index is 1190. The maximum Gasteiger partial charge on any atom is 0.313 e. The van der Waals surface area contributed by atoms with E-state index in [9.17, 15) is 24.3 Å². The van der Waals surface area contributed by atoms with E-state index >= 15 is 0 Å². The van der Waals surface area contributed by atoms with Crippen LogP contribution in [-0.4, -0.2) is 88.1 Å². The molecule has 2 N–H and O–H groups in total. The molecule has 0 aliphatic carbocycles. The Hall–Kier alpha value is -3.50. The number of esters is 1. The van der Waals surface area contributed by atoms with E-state index in [1.54, 1.807) is 24.0 Å². The van der Waals surface area contributed by atoms with Crippen molar-refractivity contribution >= 4 is 23.7 Å². The predicted molar refractivity (Wildman–Crippen MR) is 156 cm³/mol. The Kier molecular flexibility index (Phi) is 9.89. The highest BCUT2D eigenvalue weighted by Gasteiger charge is 2.75. The molecule has 3 fully saturated rings. The van der Waals surface area contributed by atoms with Crippen LogP contribution in [0.4, 0.5) is 0 Å². The first-order valence-corrected chi connectivity index (χ1v) is 14.8. The molecule has 3 heterocycles. The lowest BCUT2D eigenvalue weighted by atomic mass is 9.70. The number of allylic oxidation sites excluding steroid dienone is 1. The molecule has 228 valence electrons. The Labute approximate surface area is 247 Å². The molecule has 2 bridgehead atoms. The SMILES string of the molecule is C=CCCC(=O)N[C@@H](C)[C@H](OC(=O)[C@@H]1[C@H]2C(=O)N(CCO)[C@H](C(=O)N(CC=C)C(C)C)[C@]23CC[C@H]1O3)c1ccccc1. The molecule has 10 heteroatoms. The van der Waals surface area contributed by atoms with Crippen LogP contribution in [0.2, 0.25) is 0 Å². The first-order chi connectivity index (χ1) is 20.1. The van der Waals surface area contributed by atoms with Crippen LogP contribution in [-0.2, 0) is 28.7 Å². The number of nitrogens with one attached hydrogen (secondary N) is 1.